The minimum Gasteiger partial charge on any atom is -0.248 e. The lowest BCUT2D eigenvalue weighted by Gasteiger charge is -2.22. The fourth-order valence-electron chi connectivity index (χ4n) is 2.60. The van der Waals surface area contributed by atoms with E-state index < -0.39 is 10.0 Å². The lowest BCUT2D eigenvalue weighted by atomic mass is 10.1. The fourth-order valence-corrected chi connectivity index (χ4v) is 4.05. The molecule has 1 aliphatic rings. The summed E-state index contributed by atoms with van der Waals surface area (Å²) in [5.74, 6) is 1.35. The predicted molar refractivity (Wildman–Crippen MR) is 92.0 cm³/mol. The van der Waals surface area contributed by atoms with Crippen molar-refractivity contribution in [2.45, 2.75) is 32.4 Å². The Morgan fingerprint density at radius 1 is 1.43 bits per heavy atom. The van der Waals surface area contributed by atoms with Gasteiger partial charge in [-0.25, -0.2) is 22.8 Å². The van der Waals surface area contributed by atoms with Crippen LogP contribution >= 0.6 is 15.9 Å². The van der Waals surface area contributed by atoms with E-state index in [-0.39, 0.29) is 6.04 Å². The lowest BCUT2D eigenvalue weighted by Crippen LogP contribution is -2.32. The molecule has 1 N–H and O–H groups in total. The first-order valence-corrected chi connectivity index (χ1v) is 9.64. The molecule has 1 aliphatic heterocycles. The molecule has 0 fully saturated rings. The SMILES string of the molecule is Cc1nc2n(n1)CCCC2NS(=O)(=O)/C=C/c1cccc(Br)c1. The Morgan fingerprint density at radius 2 is 2.26 bits per heavy atom. The third-order valence-electron chi connectivity index (χ3n) is 3.58. The second-order valence-electron chi connectivity index (χ2n) is 5.46. The molecule has 0 spiro atoms. The second-order valence-corrected chi connectivity index (χ2v) is 7.97. The number of aryl methyl sites for hydroxylation is 2. The van der Waals surface area contributed by atoms with Gasteiger partial charge in [-0.3, -0.25) is 0 Å². The van der Waals surface area contributed by atoms with Gasteiger partial charge in [0.15, 0.2) is 0 Å². The number of rotatable bonds is 4. The summed E-state index contributed by atoms with van der Waals surface area (Å²) < 4.78 is 30.0. The lowest BCUT2D eigenvalue weighted by molar-refractivity contribution is 0.401. The van der Waals surface area contributed by atoms with Gasteiger partial charge in [0.1, 0.15) is 11.6 Å². The van der Waals surface area contributed by atoms with Crippen LogP contribution in [0.1, 0.15) is 36.1 Å². The molecule has 8 heteroatoms. The summed E-state index contributed by atoms with van der Waals surface area (Å²) in [6, 6.07) is 7.11. The third-order valence-corrected chi connectivity index (χ3v) is 5.18. The summed E-state index contributed by atoms with van der Waals surface area (Å²) in [5, 5.41) is 5.47. The monoisotopic (exact) mass is 396 g/mol. The van der Waals surface area contributed by atoms with Gasteiger partial charge < -0.3 is 0 Å². The van der Waals surface area contributed by atoms with E-state index in [9.17, 15) is 8.42 Å². The van der Waals surface area contributed by atoms with Gasteiger partial charge >= 0.3 is 0 Å². The maximum absolute atomic E-state index is 12.3. The Labute approximate surface area is 143 Å². The number of sulfonamides is 1. The molecular formula is C15H17BrN4O2S. The Hall–Kier alpha value is -1.51. The van der Waals surface area contributed by atoms with Crippen LogP contribution in [0.2, 0.25) is 0 Å². The quantitative estimate of drug-likeness (QED) is 0.861. The molecule has 0 amide bonds. The van der Waals surface area contributed by atoms with Gasteiger partial charge in [-0.1, -0.05) is 28.1 Å². The largest absolute Gasteiger partial charge is 0.248 e. The molecule has 2 aromatic rings. The van der Waals surface area contributed by atoms with E-state index in [0.717, 1.165) is 29.4 Å². The zero-order valence-electron chi connectivity index (χ0n) is 12.6. The molecule has 1 unspecified atom stereocenters. The first-order valence-electron chi connectivity index (χ1n) is 7.30. The number of fused-ring (bicyclic) bond motifs is 1. The zero-order valence-corrected chi connectivity index (χ0v) is 15.0. The number of halogens is 1. The first-order chi connectivity index (χ1) is 10.9. The molecule has 0 saturated carbocycles. The Bertz CT molecular complexity index is 845. The maximum atomic E-state index is 12.3. The van der Waals surface area contributed by atoms with Crippen LogP contribution in [-0.4, -0.2) is 23.2 Å². The van der Waals surface area contributed by atoms with E-state index in [0.29, 0.717) is 11.6 Å². The Morgan fingerprint density at radius 3 is 3.04 bits per heavy atom. The average molecular weight is 397 g/mol. The van der Waals surface area contributed by atoms with Crippen molar-refractivity contribution in [3.05, 3.63) is 51.4 Å². The summed E-state index contributed by atoms with van der Waals surface area (Å²) in [5.41, 5.74) is 0.812. The van der Waals surface area contributed by atoms with Crippen molar-refractivity contribution in [1.29, 1.82) is 0 Å². The highest BCUT2D eigenvalue weighted by Gasteiger charge is 2.26. The van der Waals surface area contributed by atoms with Crippen LogP contribution in [0.3, 0.4) is 0 Å². The van der Waals surface area contributed by atoms with E-state index in [2.05, 4.69) is 30.7 Å². The summed E-state index contributed by atoms with van der Waals surface area (Å²) >= 11 is 3.37. The topological polar surface area (TPSA) is 76.9 Å². The van der Waals surface area contributed by atoms with E-state index in [1.165, 1.54) is 5.41 Å². The van der Waals surface area contributed by atoms with Crippen molar-refractivity contribution in [2.24, 2.45) is 0 Å². The molecule has 1 atom stereocenters. The van der Waals surface area contributed by atoms with Crippen LogP contribution in [0.5, 0.6) is 0 Å². The van der Waals surface area contributed by atoms with E-state index in [4.69, 9.17) is 0 Å². The molecular weight excluding hydrogens is 380 g/mol. The molecule has 0 radical (unpaired) electrons. The van der Waals surface area contributed by atoms with Crippen LogP contribution in [0, 0.1) is 6.92 Å². The first kappa shape index (κ1) is 16.4. The highest BCUT2D eigenvalue weighted by atomic mass is 79.9. The number of hydrogen-bond donors (Lipinski definition) is 1. The van der Waals surface area contributed by atoms with Gasteiger partial charge in [0, 0.05) is 16.4 Å². The van der Waals surface area contributed by atoms with Crippen LogP contribution in [0.15, 0.2) is 34.1 Å². The van der Waals surface area contributed by atoms with Crippen LogP contribution in [0.25, 0.3) is 6.08 Å². The Kier molecular flexibility index (Phi) is 4.65. The smallest absolute Gasteiger partial charge is 0.234 e. The third kappa shape index (κ3) is 4.07. The summed E-state index contributed by atoms with van der Waals surface area (Å²) in [6.07, 6.45) is 3.17. The second kappa shape index (κ2) is 6.54. The molecule has 2 heterocycles. The average Bonchev–Trinajstić information content (AvgIpc) is 2.87. The van der Waals surface area contributed by atoms with Gasteiger partial charge in [0.2, 0.25) is 10.0 Å². The van der Waals surface area contributed by atoms with Gasteiger partial charge in [-0.05, 0) is 43.5 Å². The number of nitrogens with one attached hydrogen (secondary N) is 1. The molecule has 6 nitrogen and oxygen atoms in total. The van der Waals surface area contributed by atoms with Crippen molar-refractivity contribution in [3.63, 3.8) is 0 Å². The molecule has 1 aromatic carbocycles. The highest BCUT2D eigenvalue weighted by molar-refractivity contribution is 9.10. The standard InChI is InChI=1S/C15H17BrN4O2S/c1-11-17-15-14(6-3-8-20(15)18-11)19-23(21,22)9-7-12-4-2-5-13(16)10-12/h2,4-5,7,9-10,14,19H,3,6,8H2,1H3/b9-7+. The normalized spacial score (nSPS) is 18.3. The van der Waals surface area contributed by atoms with Crippen LogP contribution in [-0.2, 0) is 16.6 Å². The molecule has 3 rings (SSSR count). The molecule has 23 heavy (non-hydrogen) atoms. The van der Waals surface area contributed by atoms with Crippen molar-refractivity contribution in [3.8, 4) is 0 Å². The Balaban J connectivity index is 1.77. The van der Waals surface area contributed by atoms with Gasteiger partial charge in [-0.2, -0.15) is 5.10 Å². The number of benzene rings is 1. The number of hydrogen-bond acceptors (Lipinski definition) is 4. The summed E-state index contributed by atoms with van der Waals surface area (Å²) in [4.78, 5) is 4.34. The number of nitrogens with zero attached hydrogens (tertiary/aromatic N) is 3. The predicted octanol–water partition coefficient (Wildman–Crippen LogP) is 2.77. The van der Waals surface area contributed by atoms with Crippen molar-refractivity contribution >= 4 is 32.0 Å². The number of aromatic nitrogens is 3. The minimum absolute atomic E-state index is 0.331. The fraction of sp³-hybridized carbons (Fsp3) is 0.333. The van der Waals surface area contributed by atoms with Crippen LogP contribution < -0.4 is 4.72 Å². The van der Waals surface area contributed by atoms with Crippen LogP contribution in [0.4, 0.5) is 0 Å². The molecule has 0 bridgehead atoms. The molecule has 1 aromatic heterocycles. The van der Waals surface area contributed by atoms with Gasteiger partial charge in [-0.15, -0.1) is 0 Å². The van der Waals surface area contributed by atoms with Gasteiger partial charge in [0.25, 0.3) is 0 Å². The summed E-state index contributed by atoms with van der Waals surface area (Å²) in [7, 11) is -3.55. The molecule has 0 aliphatic carbocycles. The van der Waals surface area contributed by atoms with Gasteiger partial charge in [0.05, 0.1) is 6.04 Å². The summed E-state index contributed by atoms with van der Waals surface area (Å²) in [6.45, 7) is 2.59. The van der Waals surface area contributed by atoms with Crippen molar-refractivity contribution in [1.82, 2.24) is 19.5 Å². The van der Waals surface area contributed by atoms with Crippen molar-refractivity contribution < 1.29 is 8.42 Å². The maximum Gasteiger partial charge on any atom is 0.234 e. The van der Waals surface area contributed by atoms with E-state index in [1.807, 2.05) is 31.2 Å². The highest BCUT2D eigenvalue weighted by Crippen LogP contribution is 2.24. The zero-order chi connectivity index (χ0) is 16.4. The molecule has 122 valence electrons. The van der Waals surface area contributed by atoms with Crippen molar-refractivity contribution in [2.75, 3.05) is 0 Å². The molecule has 0 saturated heterocycles. The minimum atomic E-state index is -3.55. The van der Waals surface area contributed by atoms with E-state index in [1.54, 1.807) is 10.8 Å². The van der Waals surface area contributed by atoms with E-state index >= 15 is 0 Å².